The first-order valence-corrected chi connectivity index (χ1v) is 11.4. The molecule has 1 aromatic rings. The molecule has 3 heteroatoms. The van der Waals surface area contributed by atoms with Crippen molar-refractivity contribution in [1.29, 1.82) is 0 Å². The van der Waals surface area contributed by atoms with Gasteiger partial charge in [-0.15, -0.1) is 0 Å². The van der Waals surface area contributed by atoms with E-state index in [4.69, 9.17) is 0 Å². The van der Waals surface area contributed by atoms with Gasteiger partial charge in [-0.1, -0.05) is 38.7 Å². The van der Waals surface area contributed by atoms with Gasteiger partial charge in [0.1, 0.15) is 11.6 Å². The van der Waals surface area contributed by atoms with Gasteiger partial charge in [0.15, 0.2) is 0 Å². The first kappa shape index (κ1) is 21.5. The van der Waals surface area contributed by atoms with Crippen LogP contribution in [0.25, 0.3) is 0 Å². The zero-order valence-corrected chi connectivity index (χ0v) is 17.3. The van der Waals surface area contributed by atoms with Gasteiger partial charge in [-0.05, 0) is 93.2 Å². The Kier molecular flexibility index (Phi) is 8.05. The van der Waals surface area contributed by atoms with Crippen molar-refractivity contribution in [1.82, 2.24) is 0 Å². The molecule has 156 valence electrons. The molecule has 0 aromatic heterocycles. The van der Waals surface area contributed by atoms with Crippen molar-refractivity contribution in [3.05, 3.63) is 46.8 Å². The van der Waals surface area contributed by atoms with Gasteiger partial charge in [0.05, 0.1) is 5.83 Å². The van der Waals surface area contributed by atoms with E-state index in [2.05, 4.69) is 6.92 Å². The molecular formula is C25H35F3. The van der Waals surface area contributed by atoms with E-state index < -0.39 is 0 Å². The first-order chi connectivity index (χ1) is 13.6. The van der Waals surface area contributed by atoms with Crippen molar-refractivity contribution >= 4 is 0 Å². The third-order valence-electron chi connectivity index (χ3n) is 7.03. The summed E-state index contributed by atoms with van der Waals surface area (Å²) in [5, 5.41) is 0. The summed E-state index contributed by atoms with van der Waals surface area (Å²) in [5.74, 6) is 1.24. The molecule has 0 N–H and O–H groups in total. The Morgan fingerprint density at radius 1 is 0.857 bits per heavy atom. The predicted molar refractivity (Wildman–Crippen MR) is 110 cm³/mol. The number of hydrogen-bond donors (Lipinski definition) is 0. The van der Waals surface area contributed by atoms with E-state index in [1.807, 2.05) is 0 Å². The number of hydrogen-bond acceptors (Lipinski definition) is 0. The molecule has 0 amide bonds. The van der Waals surface area contributed by atoms with E-state index in [9.17, 15) is 13.2 Å². The number of halogens is 3. The molecule has 0 aliphatic heterocycles. The Hall–Kier alpha value is -1.25. The van der Waals surface area contributed by atoms with Gasteiger partial charge in [-0.2, -0.15) is 0 Å². The Morgan fingerprint density at radius 3 is 2.18 bits per heavy atom. The van der Waals surface area contributed by atoms with E-state index in [1.54, 1.807) is 18.2 Å². The topological polar surface area (TPSA) is 0 Å². The van der Waals surface area contributed by atoms with Crippen LogP contribution in [0, 0.1) is 29.4 Å². The molecule has 0 radical (unpaired) electrons. The van der Waals surface area contributed by atoms with Crippen molar-refractivity contribution in [2.75, 3.05) is 0 Å². The number of rotatable bonds is 8. The lowest BCUT2D eigenvalue weighted by Crippen LogP contribution is -2.23. The molecule has 28 heavy (non-hydrogen) atoms. The highest BCUT2D eigenvalue weighted by atomic mass is 19.1. The van der Waals surface area contributed by atoms with E-state index in [1.165, 1.54) is 12.8 Å². The minimum atomic E-state index is -0.365. The molecule has 1 saturated carbocycles. The molecule has 1 unspecified atom stereocenters. The maximum absolute atomic E-state index is 14.4. The lowest BCUT2D eigenvalue weighted by atomic mass is 9.71. The molecule has 0 nitrogen and oxygen atoms in total. The van der Waals surface area contributed by atoms with Gasteiger partial charge in [0, 0.05) is 5.56 Å². The third-order valence-corrected chi connectivity index (χ3v) is 7.03. The van der Waals surface area contributed by atoms with Gasteiger partial charge < -0.3 is 0 Å². The molecule has 2 aliphatic rings. The van der Waals surface area contributed by atoms with Crippen LogP contribution in [0.5, 0.6) is 0 Å². The number of unbranched alkanes of at least 4 members (excludes halogenated alkanes) is 2. The van der Waals surface area contributed by atoms with E-state index >= 15 is 0 Å². The lowest BCUT2D eigenvalue weighted by Gasteiger charge is -2.35. The molecular weight excluding hydrogens is 357 g/mol. The maximum Gasteiger partial charge on any atom is 0.129 e. The second-order valence-corrected chi connectivity index (χ2v) is 9.00. The fourth-order valence-corrected chi connectivity index (χ4v) is 5.17. The molecule has 0 saturated heterocycles. The number of benzene rings is 1. The van der Waals surface area contributed by atoms with Gasteiger partial charge >= 0.3 is 0 Å². The highest BCUT2D eigenvalue weighted by molar-refractivity contribution is 5.26. The normalized spacial score (nSPS) is 25.6. The summed E-state index contributed by atoms with van der Waals surface area (Å²) in [6.45, 7) is 2.13. The number of aryl methyl sites for hydroxylation is 1. The second-order valence-electron chi connectivity index (χ2n) is 9.00. The SMILES string of the molecule is CCCCCc1cc(F)c(CCC2CCC(C3CC=C(F)CC3)CC2)c(F)c1. The number of allylic oxidation sites excluding steroid dienone is 2. The Balaban J connectivity index is 1.46. The monoisotopic (exact) mass is 392 g/mol. The molecule has 0 heterocycles. The predicted octanol–water partition coefficient (Wildman–Crippen LogP) is 8.09. The second kappa shape index (κ2) is 10.5. The van der Waals surface area contributed by atoms with Crippen LogP contribution < -0.4 is 0 Å². The van der Waals surface area contributed by atoms with Crippen molar-refractivity contribution in [3.63, 3.8) is 0 Å². The largest absolute Gasteiger partial charge is 0.212 e. The van der Waals surface area contributed by atoms with Crippen molar-refractivity contribution in [2.24, 2.45) is 17.8 Å². The standard InChI is InChI=1S/C25H35F3/c1-2-3-4-5-19-16-24(27)23(25(28)17-19)15-8-18-6-9-20(10-7-18)21-11-13-22(26)14-12-21/h13,16-18,20-21H,2-12,14-15H2,1H3. The smallest absolute Gasteiger partial charge is 0.129 e. The van der Waals surface area contributed by atoms with Gasteiger partial charge in [0.25, 0.3) is 0 Å². The highest BCUT2D eigenvalue weighted by Gasteiger charge is 2.28. The molecule has 1 aromatic carbocycles. The minimum Gasteiger partial charge on any atom is -0.212 e. The fourth-order valence-electron chi connectivity index (χ4n) is 5.17. The van der Waals surface area contributed by atoms with Crippen LogP contribution in [0.4, 0.5) is 13.2 Å². The third kappa shape index (κ3) is 5.87. The Bertz CT molecular complexity index is 633. The van der Waals surface area contributed by atoms with Crippen LogP contribution in [0.15, 0.2) is 24.0 Å². The Morgan fingerprint density at radius 2 is 1.57 bits per heavy atom. The van der Waals surface area contributed by atoms with E-state index in [0.29, 0.717) is 30.6 Å². The Labute approximate surface area is 168 Å². The minimum absolute atomic E-state index is 0.0605. The van der Waals surface area contributed by atoms with E-state index in [-0.39, 0.29) is 23.0 Å². The summed E-state index contributed by atoms with van der Waals surface area (Å²) >= 11 is 0. The average Bonchev–Trinajstić information content (AvgIpc) is 2.69. The summed E-state index contributed by atoms with van der Waals surface area (Å²) in [6.07, 6.45) is 14.2. The van der Waals surface area contributed by atoms with Crippen LogP contribution >= 0.6 is 0 Å². The van der Waals surface area contributed by atoms with Gasteiger partial charge in [-0.3, -0.25) is 0 Å². The van der Waals surface area contributed by atoms with Crippen LogP contribution in [-0.4, -0.2) is 0 Å². The highest BCUT2D eigenvalue weighted by Crippen LogP contribution is 2.40. The van der Waals surface area contributed by atoms with Crippen molar-refractivity contribution < 1.29 is 13.2 Å². The summed E-state index contributed by atoms with van der Waals surface area (Å²) in [7, 11) is 0. The molecule has 3 rings (SSSR count). The lowest BCUT2D eigenvalue weighted by molar-refractivity contribution is 0.184. The zero-order valence-electron chi connectivity index (χ0n) is 17.3. The zero-order chi connectivity index (χ0) is 19.9. The van der Waals surface area contributed by atoms with Gasteiger partial charge in [-0.25, -0.2) is 13.2 Å². The summed E-state index contributed by atoms with van der Waals surface area (Å²) in [4.78, 5) is 0. The van der Waals surface area contributed by atoms with Crippen molar-refractivity contribution in [3.8, 4) is 0 Å². The molecule has 0 spiro atoms. The molecule has 1 fully saturated rings. The van der Waals surface area contributed by atoms with Crippen LogP contribution in [0.1, 0.15) is 88.7 Å². The molecule has 0 bridgehead atoms. The summed E-state index contributed by atoms with van der Waals surface area (Å²) in [6, 6.07) is 3.08. The average molecular weight is 393 g/mol. The van der Waals surface area contributed by atoms with Crippen LogP contribution in [0.3, 0.4) is 0 Å². The summed E-state index contributed by atoms with van der Waals surface area (Å²) < 4.78 is 42.1. The maximum atomic E-state index is 14.4. The van der Waals surface area contributed by atoms with Crippen LogP contribution in [-0.2, 0) is 12.8 Å². The fraction of sp³-hybridized carbons (Fsp3) is 0.680. The molecule has 1 atom stereocenters. The van der Waals surface area contributed by atoms with Crippen LogP contribution in [0.2, 0.25) is 0 Å². The van der Waals surface area contributed by atoms with Gasteiger partial charge in [0.2, 0.25) is 0 Å². The molecule has 2 aliphatic carbocycles. The summed E-state index contributed by atoms with van der Waals surface area (Å²) in [5.41, 5.74) is 1.06. The first-order valence-electron chi connectivity index (χ1n) is 11.4. The van der Waals surface area contributed by atoms with Crippen molar-refractivity contribution in [2.45, 2.75) is 90.4 Å². The van der Waals surface area contributed by atoms with E-state index in [0.717, 1.165) is 63.4 Å². The quantitative estimate of drug-likeness (QED) is 0.392.